The molecule has 0 atom stereocenters. The van der Waals surface area contributed by atoms with Gasteiger partial charge in [0.05, 0.1) is 15.1 Å². The number of rotatable bonds is 3. The lowest BCUT2D eigenvalue weighted by atomic mass is 10.2. The Kier molecular flexibility index (Phi) is 4.58. The third-order valence-corrected chi connectivity index (χ3v) is 7.57. The predicted octanol–water partition coefficient (Wildman–Crippen LogP) is 5.94. The lowest BCUT2D eigenvalue weighted by Crippen LogP contribution is -1.90. The summed E-state index contributed by atoms with van der Waals surface area (Å²) in [6.07, 6.45) is 0. The van der Waals surface area contributed by atoms with Gasteiger partial charge in [-0.1, -0.05) is 59.2 Å². The average molecular weight is 325 g/mol. The molecule has 0 spiro atoms. The first-order valence-corrected chi connectivity index (χ1v) is 9.33. The summed E-state index contributed by atoms with van der Waals surface area (Å²) in [6, 6.07) is 8.34. The summed E-state index contributed by atoms with van der Waals surface area (Å²) < 4.78 is 8.26. The molecule has 0 radical (unpaired) electrons. The molecule has 1 aromatic rings. The zero-order valence-corrected chi connectivity index (χ0v) is 13.6. The summed E-state index contributed by atoms with van der Waals surface area (Å²) in [7, 11) is 0. The van der Waals surface area contributed by atoms with Crippen molar-refractivity contribution in [1.82, 2.24) is 0 Å². The van der Waals surface area contributed by atoms with E-state index in [9.17, 15) is 0 Å². The molecule has 0 unspecified atom stereocenters. The van der Waals surface area contributed by atoms with Gasteiger partial charge in [0.2, 0.25) is 0 Å². The minimum Gasteiger partial charge on any atom is -0.494 e. The zero-order chi connectivity index (χ0) is 13.1. The molecular formula is C14H12OS4. The summed E-state index contributed by atoms with van der Waals surface area (Å²) in [5.41, 5.74) is 1.26. The van der Waals surface area contributed by atoms with E-state index in [0.29, 0.717) is 6.61 Å². The van der Waals surface area contributed by atoms with Gasteiger partial charge in [-0.3, -0.25) is 0 Å². The van der Waals surface area contributed by atoms with Crippen LogP contribution in [0.15, 0.2) is 49.0 Å². The van der Waals surface area contributed by atoms with Gasteiger partial charge in [-0.15, -0.1) is 0 Å². The van der Waals surface area contributed by atoms with E-state index in [1.165, 1.54) is 18.9 Å². The van der Waals surface area contributed by atoms with E-state index in [0.717, 1.165) is 5.75 Å². The Morgan fingerprint density at radius 2 is 1.68 bits per heavy atom. The molecule has 98 valence electrons. The molecule has 1 aromatic carbocycles. The van der Waals surface area contributed by atoms with Gasteiger partial charge in [0.1, 0.15) is 5.75 Å². The fourth-order valence-corrected chi connectivity index (χ4v) is 6.14. The second-order valence-electron chi connectivity index (χ2n) is 3.74. The van der Waals surface area contributed by atoms with Crippen molar-refractivity contribution in [3.05, 3.63) is 54.5 Å². The molecule has 0 N–H and O–H groups in total. The summed E-state index contributed by atoms with van der Waals surface area (Å²) >= 11 is 7.31. The lowest BCUT2D eigenvalue weighted by molar-refractivity contribution is 0.340. The molecule has 2 aliphatic heterocycles. The van der Waals surface area contributed by atoms with E-state index in [-0.39, 0.29) is 0 Å². The fourth-order valence-electron chi connectivity index (χ4n) is 1.66. The van der Waals surface area contributed by atoms with Crippen molar-refractivity contribution in [3.63, 3.8) is 0 Å². The third kappa shape index (κ3) is 3.21. The number of hydrogen-bond acceptors (Lipinski definition) is 5. The molecule has 0 bridgehead atoms. The van der Waals surface area contributed by atoms with Gasteiger partial charge in [-0.25, -0.2) is 0 Å². The van der Waals surface area contributed by atoms with Crippen molar-refractivity contribution < 1.29 is 4.74 Å². The van der Waals surface area contributed by atoms with Gasteiger partial charge < -0.3 is 4.74 Å². The van der Waals surface area contributed by atoms with Crippen molar-refractivity contribution in [3.8, 4) is 5.75 Å². The molecule has 2 aliphatic rings. The first kappa shape index (κ1) is 13.6. The average Bonchev–Trinajstić information content (AvgIpc) is 3.11. The number of hydrogen-bond donors (Lipinski definition) is 0. The van der Waals surface area contributed by atoms with E-state index in [1.54, 1.807) is 0 Å². The van der Waals surface area contributed by atoms with E-state index in [1.807, 2.05) is 66.1 Å². The number of thioether (sulfide) groups is 4. The van der Waals surface area contributed by atoms with Crippen LogP contribution in [0, 0.1) is 0 Å². The van der Waals surface area contributed by atoms with Gasteiger partial charge in [0.15, 0.2) is 0 Å². The molecule has 5 heteroatoms. The molecule has 0 fully saturated rings. The van der Waals surface area contributed by atoms with Crippen LogP contribution in [0.3, 0.4) is 0 Å². The van der Waals surface area contributed by atoms with Crippen molar-refractivity contribution in [2.45, 2.75) is 6.92 Å². The van der Waals surface area contributed by atoms with Crippen LogP contribution in [0.5, 0.6) is 5.75 Å². The molecule has 19 heavy (non-hydrogen) atoms. The van der Waals surface area contributed by atoms with Crippen LogP contribution >= 0.6 is 47.0 Å². The van der Waals surface area contributed by atoms with E-state index < -0.39 is 0 Å². The Bertz CT molecular complexity index is 547. The smallest absolute Gasteiger partial charge is 0.119 e. The van der Waals surface area contributed by atoms with Crippen LogP contribution in [-0.4, -0.2) is 6.61 Å². The highest BCUT2D eigenvalue weighted by atomic mass is 32.2. The maximum absolute atomic E-state index is 5.47. The van der Waals surface area contributed by atoms with Crippen LogP contribution in [0.4, 0.5) is 0 Å². The highest BCUT2D eigenvalue weighted by molar-refractivity contribution is 8.35. The number of ether oxygens (including phenoxy) is 1. The van der Waals surface area contributed by atoms with Crippen molar-refractivity contribution in [1.29, 1.82) is 0 Å². The Labute approximate surface area is 130 Å². The van der Waals surface area contributed by atoms with Crippen LogP contribution in [0.25, 0.3) is 4.91 Å². The molecule has 0 amide bonds. The minimum absolute atomic E-state index is 0.713. The molecule has 1 nitrogen and oxygen atoms in total. The Balaban J connectivity index is 1.72. The molecule has 2 heterocycles. The molecule has 0 saturated heterocycles. The van der Waals surface area contributed by atoms with E-state index in [4.69, 9.17) is 4.74 Å². The summed E-state index contributed by atoms with van der Waals surface area (Å²) in [6.45, 7) is 2.72. The van der Waals surface area contributed by atoms with Gasteiger partial charge >= 0.3 is 0 Å². The second kappa shape index (κ2) is 6.39. The van der Waals surface area contributed by atoms with Crippen LogP contribution < -0.4 is 4.74 Å². The Hall–Kier alpha value is -0.360. The van der Waals surface area contributed by atoms with Crippen molar-refractivity contribution in [2.75, 3.05) is 6.61 Å². The monoisotopic (exact) mass is 324 g/mol. The maximum Gasteiger partial charge on any atom is 0.119 e. The van der Waals surface area contributed by atoms with Gasteiger partial charge in [0.25, 0.3) is 0 Å². The molecule has 3 rings (SSSR count). The lowest BCUT2D eigenvalue weighted by Gasteiger charge is -2.05. The first-order chi connectivity index (χ1) is 9.36. The first-order valence-electron chi connectivity index (χ1n) is 5.87. The SMILES string of the molecule is CCOc1ccc(C2=CSC(=C3SC=CS3)S2)cc1. The van der Waals surface area contributed by atoms with Crippen LogP contribution in [0.2, 0.25) is 0 Å². The van der Waals surface area contributed by atoms with Crippen molar-refractivity contribution in [2.24, 2.45) is 0 Å². The summed E-state index contributed by atoms with van der Waals surface area (Å²) in [5.74, 6) is 0.937. The van der Waals surface area contributed by atoms with Gasteiger partial charge in [0, 0.05) is 4.91 Å². The third-order valence-electron chi connectivity index (χ3n) is 2.50. The summed E-state index contributed by atoms with van der Waals surface area (Å²) in [5, 5.41) is 6.52. The fraction of sp³-hybridized carbons (Fsp3) is 0.143. The molecule has 0 aliphatic carbocycles. The second-order valence-corrected chi connectivity index (χ2v) is 8.02. The van der Waals surface area contributed by atoms with E-state index >= 15 is 0 Å². The zero-order valence-electron chi connectivity index (χ0n) is 10.3. The Morgan fingerprint density at radius 1 is 0.947 bits per heavy atom. The topological polar surface area (TPSA) is 9.23 Å². The maximum atomic E-state index is 5.47. The van der Waals surface area contributed by atoms with Gasteiger partial charge in [-0.05, 0) is 40.8 Å². The van der Waals surface area contributed by atoms with Gasteiger partial charge in [-0.2, -0.15) is 0 Å². The highest BCUT2D eigenvalue weighted by Crippen LogP contribution is 2.55. The van der Waals surface area contributed by atoms with E-state index in [2.05, 4.69) is 28.4 Å². The minimum atomic E-state index is 0.713. The Morgan fingerprint density at radius 3 is 2.37 bits per heavy atom. The predicted molar refractivity (Wildman–Crippen MR) is 92.1 cm³/mol. The quantitative estimate of drug-likeness (QED) is 0.678. The molecule has 0 saturated carbocycles. The number of benzene rings is 1. The van der Waals surface area contributed by atoms with Crippen molar-refractivity contribution >= 4 is 52.0 Å². The standard InChI is InChI=1S/C14H12OS4/c1-2-15-11-5-3-10(4-6-11)12-9-18-14(19-12)13-16-7-8-17-13/h3-9H,2H2,1H3. The normalized spacial score (nSPS) is 18.1. The highest BCUT2D eigenvalue weighted by Gasteiger charge is 2.19. The largest absolute Gasteiger partial charge is 0.494 e. The van der Waals surface area contributed by atoms with Crippen LogP contribution in [-0.2, 0) is 0 Å². The summed E-state index contributed by atoms with van der Waals surface area (Å²) in [4.78, 5) is 1.32. The molecular weight excluding hydrogens is 312 g/mol. The van der Waals surface area contributed by atoms with Crippen LogP contribution in [0.1, 0.15) is 12.5 Å². The molecule has 0 aromatic heterocycles.